The summed E-state index contributed by atoms with van der Waals surface area (Å²) in [6.07, 6.45) is 0. The normalized spacial score (nSPS) is 12.6. The fraction of sp³-hybridized carbons (Fsp3) is 0.0164. The van der Waals surface area contributed by atoms with Crippen LogP contribution in [0.2, 0.25) is 0 Å². The number of anilines is 3. The molecule has 11 aromatic rings. The van der Waals surface area contributed by atoms with Gasteiger partial charge in [-0.25, -0.2) is 0 Å². The third kappa shape index (κ3) is 5.87. The largest absolute Gasteiger partial charge is 0.310 e. The quantitative estimate of drug-likeness (QED) is 0.149. The maximum absolute atomic E-state index is 2.42. The molecule has 0 atom stereocenters. The van der Waals surface area contributed by atoms with Gasteiger partial charge < -0.3 is 9.47 Å². The molecule has 0 N–H and O–H groups in total. The zero-order chi connectivity index (χ0) is 41.7. The molecule has 0 fully saturated rings. The van der Waals surface area contributed by atoms with Crippen LogP contribution in [0.3, 0.4) is 0 Å². The molecule has 1 heterocycles. The number of hydrogen-bond donors (Lipinski definition) is 0. The van der Waals surface area contributed by atoms with E-state index in [9.17, 15) is 0 Å². The second kappa shape index (κ2) is 15.1. The van der Waals surface area contributed by atoms with Gasteiger partial charge in [0.05, 0.1) is 16.4 Å². The summed E-state index contributed by atoms with van der Waals surface area (Å²) in [5.41, 5.74) is 18.8. The summed E-state index contributed by atoms with van der Waals surface area (Å²) in [4.78, 5) is 2.42. The van der Waals surface area contributed by atoms with E-state index in [0.717, 1.165) is 22.7 Å². The molecule has 0 amide bonds. The van der Waals surface area contributed by atoms with E-state index in [-0.39, 0.29) is 0 Å². The minimum atomic E-state index is -0.471. The van der Waals surface area contributed by atoms with Gasteiger partial charge >= 0.3 is 0 Å². The van der Waals surface area contributed by atoms with Crippen molar-refractivity contribution in [3.8, 4) is 39.1 Å². The Morgan fingerprint density at radius 2 is 0.794 bits per heavy atom. The molecule has 0 saturated heterocycles. The molecule has 0 radical (unpaired) electrons. The lowest BCUT2D eigenvalue weighted by atomic mass is 9.68. The fourth-order valence-corrected chi connectivity index (χ4v) is 10.4. The number of benzene rings is 10. The zero-order valence-electron chi connectivity index (χ0n) is 34.6. The maximum Gasteiger partial charge on any atom is 0.0713 e. The Labute approximate surface area is 368 Å². The van der Waals surface area contributed by atoms with Crippen LogP contribution in [-0.4, -0.2) is 4.57 Å². The van der Waals surface area contributed by atoms with E-state index in [0.29, 0.717) is 0 Å². The van der Waals surface area contributed by atoms with Gasteiger partial charge in [-0.2, -0.15) is 0 Å². The third-order valence-corrected chi connectivity index (χ3v) is 13.1. The lowest BCUT2D eigenvalue weighted by molar-refractivity contribution is 0.768. The maximum atomic E-state index is 2.42. The minimum absolute atomic E-state index is 0.471. The van der Waals surface area contributed by atoms with Crippen LogP contribution < -0.4 is 4.90 Å². The van der Waals surface area contributed by atoms with Crippen molar-refractivity contribution in [2.24, 2.45) is 0 Å². The number of para-hydroxylation sites is 1. The van der Waals surface area contributed by atoms with Crippen molar-refractivity contribution in [3.05, 3.63) is 277 Å². The van der Waals surface area contributed by atoms with Gasteiger partial charge in [-0.3, -0.25) is 0 Å². The van der Waals surface area contributed by atoms with Gasteiger partial charge in [-0.05, 0) is 116 Å². The summed E-state index contributed by atoms with van der Waals surface area (Å²) in [7, 11) is 0. The van der Waals surface area contributed by atoms with Crippen molar-refractivity contribution in [2.75, 3.05) is 4.90 Å². The van der Waals surface area contributed by atoms with Crippen LogP contribution in [0, 0.1) is 0 Å². The molecule has 1 aromatic heterocycles. The van der Waals surface area contributed by atoms with Crippen LogP contribution in [0.15, 0.2) is 255 Å². The summed E-state index contributed by atoms with van der Waals surface area (Å²) in [5, 5.41) is 2.44. The molecule has 0 bridgehead atoms. The summed E-state index contributed by atoms with van der Waals surface area (Å²) in [5.74, 6) is 0. The summed E-state index contributed by atoms with van der Waals surface area (Å²) < 4.78 is 2.41. The number of nitrogens with zero attached hydrogens (tertiary/aromatic N) is 2. The van der Waals surface area contributed by atoms with E-state index >= 15 is 0 Å². The van der Waals surface area contributed by atoms with Gasteiger partial charge in [-0.1, -0.05) is 194 Å². The molecule has 296 valence electrons. The van der Waals surface area contributed by atoms with Crippen LogP contribution in [0.1, 0.15) is 22.3 Å². The molecule has 12 rings (SSSR count). The Morgan fingerprint density at radius 1 is 0.317 bits per heavy atom. The molecule has 0 spiro atoms. The highest BCUT2D eigenvalue weighted by atomic mass is 15.1. The van der Waals surface area contributed by atoms with E-state index < -0.39 is 5.41 Å². The van der Waals surface area contributed by atoms with E-state index in [4.69, 9.17) is 0 Å². The first kappa shape index (κ1) is 36.6. The van der Waals surface area contributed by atoms with Crippen molar-refractivity contribution in [1.29, 1.82) is 0 Å². The predicted molar refractivity (Wildman–Crippen MR) is 264 cm³/mol. The van der Waals surface area contributed by atoms with Crippen molar-refractivity contribution in [2.45, 2.75) is 5.41 Å². The summed E-state index contributed by atoms with van der Waals surface area (Å²) in [6.45, 7) is 0. The van der Waals surface area contributed by atoms with Crippen LogP contribution in [0.25, 0.3) is 60.9 Å². The molecule has 63 heavy (non-hydrogen) atoms. The second-order valence-electron chi connectivity index (χ2n) is 16.4. The molecular formula is C61H42N2. The fourth-order valence-electron chi connectivity index (χ4n) is 10.4. The van der Waals surface area contributed by atoms with Gasteiger partial charge in [0, 0.05) is 33.5 Å². The van der Waals surface area contributed by atoms with Crippen molar-refractivity contribution >= 4 is 38.9 Å². The molecule has 2 heteroatoms. The summed E-state index contributed by atoms with van der Waals surface area (Å²) in [6, 6.07) is 93.2. The molecule has 1 aliphatic carbocycles. The topological polar surface area (TPSA) is 8.17 Å². The van der Waals surface area contributed by atoms with E-state index in [1.165, 1.54) is 77.4 Å². The SMILES string of the molecule is c1ccc(-c2ccc(N(c3ccc(C4(c5ccccc5)c5ccccc5-c5ccccc54)cc3)c3ccc4c(c3)c3c(-c5ccccc5)cccc3n4-c3ccccc3)cc2)cc1. The van der Waals surface area contributed by atoms with Gasteiger partial charge in [0.25, 0.3) is 0 Å². The highest BCUT2D eigenvalue weighted by molar-refractivity contribution is 6.16. The van der Waals surface area contributed by atoms with E-state index in [1.807, 2.05) is 0 Å². The smallest absolute Gasteiger partial charge is 0.0713 e. The van der Waals surface area contributed by atoms with Gasteiger partial charge in [0.1, 0.15) is 0 Å². The zero-order valence-corrected chi connectivity index (χ0v) is 34.6. The standard InChI is InChI=1S/C61H42N2/c1-5-18-43(19-6-1)44-32-36-49(37-33-44)62(50-38-34-47(35-39-50)61(46-22-9-3-10-23-46)56-29-15-13-26-53(56)54-27-14-16-30-57(54)61)51-40-41-58-55(42-51)60-52(45-20-7-2-8-21-45)28-17-31-59(60)63(58)48-24-11-4-12-25-48/h1-42H. The number of fused-ring (bicyclic) bond motifs is 6. The number of hydrogen-bond acceptors (Lipinski definition) is 1. The van der Waals surface area contributed by atoms with E-state index in [1.54, 1.807) is 0 Å². The van der Waals surface area contributed by atoms with Crippen molar-refractivity contribution < 1.29 is 0 Å². The monoisotopic (exact) mass is 802 g/mol. The Hall–Kier alpha value is -8.20. The molecule has 0 aliphatic heterocycles. The molecule has 2 nitrogen and oxygen atoms in total. The first-order valence-electron chi connectivity index (χ1n) is 21.8. The Morgan fingerprint density at radius 3 is 1.43 bits per heavy atom. The molecule has 1 aliphatic rings. The Kier molecular flexibility index (Phi) is 8.76. The molecular weight excluding hydrogens is 761 g/mol. The van der Waals surface area contributed by atoms with Crippen LogP contribution in [0.4, 0.5) is 17.1 Å². The van der Waals surface area contributed by atoms with Crippen LogP contribution in [-0.2, 0) is 5.41 Å². The lowest BCUT2D eigenvalue weighted by Gasteiger charge is -2.34. The van der Waals surface area contributed by atoms with Gasteiger partial charge in [0.15, 0.2) is 0 Å². The molecule has 10 aromatic carbocycles. The average Bonchev–Trinajstić information content (AvgIpc) is 3.86. The number of aromatic nitrogens is 1. The van der Waals surface area contributed by atoms with Crippen LogP contribution in [0.5, 0.6) is 0 Å². The molecule has 0 unspecified atom stereocenters. The minimum Gasteiger partial charge on any atom is -0.310 e. The highest BCUT2D eigenvalue weighted by Crippen LogP contribution is 2.56. The highest BCUT2D eigenvalue weighted by Gasteiger charge is 2.45. The number of rotatable bonds is 8. The Bertz CT molecular complexity index is 3360. The van der Waals surface area contributed by atoms with Gasteiger partial charge in [0.2, 0.25) is 0 Å². The summed E-state index contributed by atoms with van der Waals surface area (Å²) >= 11 is 0. The average molecular weight is 803 g/mol. The first-order valence-corrected chi connectivity index (χ1v) is 21.8. The lowest BCUT2D eigenvalue weighted by Crippen LogP contribution is -2.28. The second-order valence-corrected chi connectivity index (χ2v) is 16.4. The van der Waals surface area contributed by atoms with Crippen LogP contribution >= 0.6 is 0 Å². The van der Waals surface area contributed by atoms with Crippen molar-refractivity contribution in [1.82, 2.24) is 4.57 Å². The molecule has 0 saturated carbocycles. The predicted octanol–water partition coefficient (Wildman–Crippen LogP) is 16.0. The van der Waals surface area contributed by atoms with E-state index in [2.05, 4.69) is 264 Å². The first-order chi connectivity index (χ1) is 31.3. The van der Waals surface area contributed by atoms with Gasteiger partial charge in [-0.15, -0.1) is 0 Å². The Balaban J connectivity index is 1.08. The third-order valence-electron chi connectivity index (χ3n) is 13.1. The van der Waals surface area contributed by atoms with Crippen molar-refractivity contribution in [3.63, 3.8) is 0 Å².